The van der Waals surface area contributed by atoms with Crippen LogP contribution in [0.3, 0.4) is 0 Å². The summed E-state index contributed by atoms with van der Waals surface area (Å²) in [4.78, 5) is 0. The monoisotopic (exact) mass is 272 g/mol. The largest absolute Gasteiger partial charge is 0.0996 e. The van der Waals surface area contributed by atoms with Crippen molar-refractivity contribution in [1.29, 1.82) is 0 Å². The minimum absolute atomic E-state index is 0.432. The maximum absolute atomic E-state index is 4.47. The molecule has 0 amide bonds. The second-order valence-corrected chi connectivity index (χ2v) is 8.67. The normalized spacial score (nSPS) is 40.9. The smallest absolute Gasteiger partial charge is 0.0114 e. The van der Waals surface area contributed by atoms with Crippen LogP contribution in [0.2, 0.25) is 0 Å². The molecule has 0 aromatic carbocycles. The van der Waals surface area contributed by atoms with Crippen LogP contribution in [-0.4, -0.2) is 0 Å². The lowest BCUT2D eigenvalue weighted by molar-refractivity contribution is 0.0696. The quantitative estimate of drug-likeness (QED) is 0.455. The van der Waals surface area contributed by atoms with Crippen LogP contribution in [0.25, 0.3) is 0 Å². The van der Waals surface area contributed by atoms with Crippen molar-refractivity contribution in [1.82, 2.24) is 0 Å². The third-order valence-electron chi connectivity index (χ3n) is 7.23. The van der Waals surface area contributed by atoms with E-state index in [0.29, 0.717) is 10.8 Å². The Bertz CT molecular complexity index is 451. The van der Waals surface area contributed by atoms with Gasteiger partial charge in [-0.15, -0.1) is 0 Å². The van der Waals surface area contributed by atoms with Crippen LogP contribution in [0.5, 0.6) is 0 Å². The van der Waals surface area contributed by atoms with Gasteiger partial charge in [-0.1, -0.05) is 44.1 Å². The maximum Gasteiger partial charge on any atom is -0.0114 e. The summed E-state index contributed by atoms with van der Waals surface area (Å²) in [6.07, 6.45) is 11.0. The lowest BCUT2D eigenvalue weighted by Crippen LogP contribution is -2.41. The van der Waals surface area contributed by atoms with Crippen molar-refractivity contribution in [2.75, 3.05) is 0 Å². The molecule has 112 valence electrons. The molecule has 2 saturated carbocycles. The molecular formula is C20H32. The molecule has 0 aliphatic heterocycles. The first-order chi connectivity index (χ1) is 9.34. The standard InChI is InChI=1S/C20H32/c1-14-7-6-11-20(5)12-10-17-15(2)8-9-16(13-18(14)20)19(17,3)4/h16,18H,1,6-13H2,2-5H3. The highest BCUT2D eigenvalue weighted by molar-refractivity contribution is 5.27. The van der Waals surface area contributed by atoms with Gasteiger partial charge >= 0.3 is 0 Å². The van der Waals surface area contributed by atoms with Gasteiger partial charge in [0.1, 0.15) is 0 Å². The Hall–Kier alpha value is -0.520. The van der Waals surface area contributed by atoms with E-state index in [1.807, 2.05) is 5.57 Å². The predicted octanol–water partition coefficient (Wildman–Crippen LogP) is 6.29. The fraction of sp³-hybridized carbons (Fsp3) is 0.800. The fourth-order valence-electron chi connectivity index (χ4n) is 5.65. The van der Waals surface area contributed by atoms with Gasteiger partial charge in [-0.3, -0.25) is 0 Å². The molecule has 0 radical (unpaired) electrons. The zero-order valence-electron chi connectivity index (χ0n) is 14.0. The van der Waals surface area contributed by atoms with Crippen molar-refractivity contribution < 1.29 is 0 Å². The maximum atomic E-state index is 4.47. The van der Waals surface area contributed by atoms with E-state index in [1.54, 1.807) is 11.1 Å². The van der Waals surface area contributed by atoms with Gasteiger partial charge in [0.2, 0.25) is 0 Å². The molecule has 0 aromatic rings. The second kappa shape index (κ2) is 4.75. The molecule has 3 aliphatic carbocycles. The van der Waals surface area contributed by atoms with Crippen LogP contribution >= 0.6 is 0 Å². The van der Waals surface area contributed by atoms with Crippen molar-refractivity contribution in [2.45, 2.75) is 79.1 Å². The Labute approximate surface area is 125 Å². The van der Waals surface area contributed by atoms with E-state index < -0.39 is 0 Å². The fourth-order valence-corrected chi connectivity index (χ4v) is 5.65. The van der Waals surface area contributed by atoms with E-state index in [0.717, 1.165) is 11.8 Å². The molecule has 0 nitrogen and oxygen atoms in total. The van der Waals surface area contributed by atoms with Gasteiger partial charge in [0.25, 0.3) is 0 Å². The molecule has 0 spiro atoms. The van der Waals surface area contributed by atoms with Crippen molar-refractivity contribution >= 4 is 0 Å². The van der Waals surface area contributed by atoms with Gasteiger partial charge in [0.15, 0.2) is 0 Å². The Morgan fingerprint density at radius 2 is 1.80 bits per heavy atom. The number of hydrogen-bond donors (Lipinski definition) is 0. The molecule has 2 fully saturated rings. The predicted molar refractivity (Wildman–Crippen MR) is 87.6 cm³/mol. The molecule has 0 aromatic heterocycles. The SMILES string of the molecule is C=C1CCCC2(C)CCC3=C(C)CCC(CC12)C3(C)C. The number of rotatable bonds is 0. The molecule has 3 unspecified atom stereocenters. The molecule has 0 heterocycles. The highest BCUT2D eigenvalue weighted by Crippen LogP contribution is 2.58. The molecule has 0 N–H and O–H groups in total. The summed E-state index contributed by atoms with van der Waals surface area (Å²) < 4.78 is 0. The Balaban J connectivity index is 1.99. The van der Waals surface area contributed by atoms with Crippen LogP contribution in [0.4, 0.5) is 0 Å². The van der Waals surface area contributed by atoms with E-state index in [-0.39, 0.29) is 0 Å². The van der Waals surface area contributed by atoms with Crippen molar-refractivity contribution in [3.63, 3.8) is 0 Å². The van der Waals surface area contributed by atoms with E-state index in [9.17, 15) is 0 Å². The average molecular weight is 272 g/mol. The third kappa shape index (κ3) is 2.11. The minimum atomic E-state index is 0.432. The number of allylic oxidation sites excluding steroid dienone is 3. The van der Waals surface area contributed by atoms with Crippen molar-refractivity contribution in [3.8, 4) is 0 Å². The molecule has 3 rings (SSSR count). The molecule has 3 aliphatic rings. The zero-order chi connectivity index (χ0) is 14.5. The van der Waals surface area contributed by atoms with Gasteiger partial charge in [-0.2, -0.15) is 0 Å². The van der Waals surface area contributed by atoms with E-state index in [1.165, 1.54) is 51.4 Å². The second-order valence-electron chi connectivity index (χ2n) is 8.67. The summed E-state index contributed by atoms with van der Waals surface area (Å²) in [7, 11) is 0. The number of hydrogen-bond acceptors (Lipinski definition) is 0. The zero-order valence-corrected chi connectivity index (χ0v) is 14.0. The van der Waals surface area contributed by atoms with Crippen LogP contribution in [0, 0.1) is 22.7 Å². The van der Waals surface area contributed by atoms with Crippen LogP contribution in [0.15, 0.2) is 23.3 Å². The lowest BCUT2D eigenvalue weighted by atomic mass is 9.53. The molecule has 3 atom stereocenters. The van der Waals surface area contributed by atoms with Gasteiger partial charge in [-0.25, -0.2) is 0 Å². The molecule has 2 bridgehead atoms. The van der Waals surface area contributed by atoms with Crippen molar-refractivity contribution in [3.05, 3.63) is 23.3 Å². The Morgan fingerprint density at radius 1 is 1.05 bits per heavy atom. The molecule has 0 heteroatoms. The summed E-state index contributed by atoms with van der Waals surface area (Å²) in [5.74, 6) is 1.67. The van der Waals surface area contributed by atoms with Crippen LogP contribution in [-0.2, 0) is 0 Å². The Kier molecular flexibility index (Phi) is 3.42. The molecule has 0 saturated heterocycles. The number of fused-ring (bicyclic) bond motifs is 3. The first-order valence-corrected chi connectivity index (χ1v) is 8.71. The van der Waals surface area contributed by atoms with E-state index in [2.05, 4.69) is 34.3 Å². The summed E-state index contributed by atoms with van der Waals surface area (Å²) in [5, 5.41) is 0. The minimum Gasteiger partial charge on any atom is -0.0996 e. The summed E-state index contributed by atoms with van der Waals surface area (Å²) in [6.45, 7) is 14.5. The highest BCUT2D eigenvalue weighted by atomic mass is 14.5. The van der Waals surface area contributed by atoms with E-state index >= 15 is 0 Å². The first-order valence-electron chi connectivity index (χ1n) is 8.71. The van der Waals surface area contributed by atoms with E-state index in [4.69, 9.17) is 0 Å². The average Bonchev–Trinajstić information content (AvgIpc) is 2.35. The van der Waals surface area contributed by atoms with Gasteiger partial charge in [0, 0.05) is 0 Å². The molecule has 20 heavy (non-hydrogen) atoms. The lowest BCUT2D eigenvalue weighted by Gasteiger charge is -2.52. The van der Waals surface area contributed by atoms with Crippen LogP contribution in [0.1, 0.15) is 79.1 Å². The summed E-state index contributed by atoms with van der Waals surface area (Å²) >= 11 is 0. The summed E-state index contributed by atoms with van der Waals surface area (Å²) in [5.41, 5.74) is 6.06. The summed E-state index contributed by atoms with van der Waals surface area (Å²) in [6, 6.07) is 0. The molecular weight excluding hydrogens is 240 g/mol. The van der Waals surface area contributed by atoms with Crippen molar-refractivity contribution in [2.24, 2.45) is 22.7 Å². The first kappa shape index (κ1) is 14.4. The van der Waals surface area contributed by atoms with Gasteiger partial charge in [0.05, 0.1) is 0 Å². The Morgan fingerprint density at radius 3 is 2.55 bits per heavy atom. The van der Waals surface area contributed by atoms with Gasteiger partial charge in [-0.05, 0) is 81.0 Å². The van der Waals surface area contributed by atoms with Gasteiger partial charge < -0.3 is 0 Å². The third-order valence-corrected chi connectivity index (χ3v) is 7.23. The topological polar surface area (TPSA) is 0 Å². The highest BCUT2D eigenvalue weighted by Gasteiger charge is 2.46. The van der Waals surface area contributed by atoms with Crippen LogP contribution < -0.4 is 0 Å².